The molecule has 0 radical (unpaired) electrons. The Labute approximate surface area is 227 Å². The molecular formula is C31H30N6O2. The first-order valence-corrected chi connectivity index (χ1v) is 13.2. The average molecular weight is 519 g/mol. The quantitative estimate of drug-likeness (QED) is 0.190. The van der Waals surface area contributed by atoms with E-state index in [9.17, 15) is 9.59 Å². The van der Waals surface area contributed by atoms with Gasteiger partial charge in [0.15, 0.2) is 5.65 Å². The van der Waals surface area contributed by atoms with Crippen molar-refractivity contribution in [1.82, 2.24) is 24.6 Å². The van der Waals surface area contributed by atoms with E-state index in [2.05, 4.69) is 29.1 Å². The van der Waals surface area contributed by atoms with Crippen LogP contribution in [0.3, 0.4) is 0 Å². The number of rotatable bonds is 10. The summed E-state index contributed by atoms with van der Waals surface area (Å²) >= 11 is 0. The number of pyridine rings is 2. The second kappa shape index (κ2) is 11.3. The predicted molar refractivity (Wildman–Crippen MR) is 152 cm³/mol. The lowest BCUT2D eigenvalue weighted by Crippen LogP contribution is -2.13. The number of benzene rings is 1. The maximum atomic E-state index is 12.3. The van der Waals surface area contributed by atoms with Crippen molar-refractivity contribution in [3.8, 4) is 22.4 Å². The van der Waals surface area contributed by atoms with Crippen LogP contribution in [0.2, 0.25) is 0 Å². The SMILES string of the molecule is CCNc1c(CC)c(Cc2ccc(C(=O)C(=O)CC)cc2)nc2c(-c3ccc(-c4cccnc4)nc3)cnn12. The van der Waals surface area contributed by atoms with Crippen LogP contribution in [0.15, 0.2) is 73.3 Å². The highest BCUT2D eigenvalue weighted by Crippen LogP contribution is 2.30. The summed E-state index contributed by atoms with van der Waals surface area (Å²) < 4.78 is 1.87. The standard InChI is InChI=1S/C31H30N6O2/c1-4-24-27(16-20-9-11-21(12-10-20)29(39)28(38)5-2)36-31-25(19-35-37(31)30(24)33-6-3)22-13-14-26(34-18-22)23-8-7-15-32-17-23/h7-15,17-19,33H,4-6,16H2,1-3H3. The zero-order valence-corrected chi connectivity index (χ0v) is 22.3. The molecule has 4 heterocycles. The van der Waals surface area contributed by atoms with Crippen LogP contribution < -0.4 is 5.32 Å². The molecule has 0 aliphatic carbocycles. The zero-order valence-electron chi connectivity index (χ0n) is 22.3. The minimum atomic E-state index is -0.445. The highest BCUT2D eigenvalue weighted by Gasteiger charge is 2.19. The third kappa shape index (κ3) is 5.18. The fourth-order valence-corrected chi connectivity index (χ4v) is 4.67. The van der Waals surface area contributed by atoms with Crippen molar-refractivity contribution < 1.29 is 9.59 Å². The molecule has 4 aromatic heterocycles. The summed E-state index contributed by atoms with van der Waals surface area (Å²) in [6.45, 7) is 6.60. The number of ketones is 2. The molecule has 0 amide bonds. The summed E-state index contributed by atoms with van der Waals surface area (Å²) in [5, 5.41) is 8.18. The molecule has 8 heteroatoms. The molecule has 1 N–H and O–H groups in total. The number of carbonyl (C=O) groups is 2. The Morgan fingerprint density at radius 2 is 1.74 bits per heavy atom. The summed E-state index contributed by atoms with van der Waals surface area (Å²) in [5.41, 5.74) is 7.81. The Balaban J connectivity index is 1.54. The number of hydrogen-bond donors (Lipinski definition) is 1. The Hall–Kier alpha value is -4.72. The van der Waals surface area contributed by atoms with E-state index in [1.807, 2.05) is 53.3 Å². The fourth-order valence-electron chi connectivity index (χ4n) is 4.67. The summed E-state index contributed by atoms with van der Waals surface area (Å²) in [6.07, 6.45) is 8.77. The smallest absolute Gasteiger partial charge is 0.228 e. The molecule has 0 fully saturated rings. The van der Waals surface area contributed by atoms with E-state index in [1.165, 1.54) is 0 Å². The predicted octanol–water partition coefficient (Wildman–Crippen LogP) is 5.60. The minimum Gasteiger partial charge on any atom is -0.370 e. The molecule has 0 saturated carbocycles. The number of hydrogen-bond acceptors (Lipinski definition) is 7. The Kier molecular flexibility index (Phi) is 7.54. The van der Waals surface area contributed by atoms with Crippen LogP contribution in [0.5, 0.6) is 0 Å². The average Bonchev–Trinajstić information content (AvgIpc) is 3.41. The van der Waals surface area contributed by atoms with Gasteiger partial charge in [-0.25, -0.2) is 4.98 Å². The van der Waals surface area contributed by atoms with Crippen molar-refractivity contribution in [2.45, 2.75) is 40.0 Å². The largest absolute Gasteiger partial charge is 0.370 e. The van der Waals surface area contributed by atoms with Crippen LogP contribution in [-0.4, -0.2) is 42.7 Å². The molecule has 1 aromatic carbocycles. The fraction of sp³-hybridized carbons (Fsp3) is 0.226. The van der Waals surface area contributed by atoms with E-state index in [-0.39, 0.29) is 12.2 Å². The molecule has 0 spiro atoms. The van der Waals surface area contributed by atoms with Crippen molar-refractivity contribution in [1.29, 1.82) is 0 Å². The van der Waals surface area contributed by atoms with Gasteiger partial charge in [-0.15, -0.1) is 0 Å². The lowest BCUT2D eigenvalue weighted by molar-refractivity contribution is -0.114. The lowest BCUT2D eigenvalue weighted by atomic mass is 10.00. The van der Waals surface area contributed by atoms with E-state index in [4.69, 9.17) is 10.1 Å². The number of aromatic nitrogens is 5. The molecule has 0 aliphatic heterocycles. The number of anilines is 1. The first-order chi connectivity index (χ1) is 19.0. The van der Waals surface area contributed by atoms with Gasteiger partial charge in [0.1, 0.15) is 5.82 Å². The Morgan fingerprint density at radius 3 is 2.38 bits per heavy atom. The number of Topliss-reactive ketones (excluding diaryl/α,β-unsaturated/α-hetero) is 2. The van der Waals surface area contributed by atoms with Gasteiger partial charge in [0.25, 0.3) is 0 Å². The van der Waals surface area contributed by atoms with Gasteiger partial charge < -0.3 is 5.32 Å². The van der Waals surface area contributed by atoms with Gasteiger partial charge in [0.2, 0.25) is 11.6 Å². The van der Waals surface area contributed by atoms with Crippen LogP contribution in [-0.2, 0) is 17.6 Å². The second-order valence-corrected chi connectivity index (χ2v) is 9.22. The van der Waals surface area contributed by atoms with Crippen LogP contribution >= 0.6 is 0 Å². The monoisotopic (exact) mass is 518 g/mol. The van der Waals surface area contributed by atoms with Gasteiger partial charge in [-0.05, 0) is 37.1 Å². The van der Waals surface area contributed by atoms with Crippen LogP contribution in [0, 0.1) is 0 Å². The lowest BCUT2D eigenvalue weighted by Gasteiger charge is -2.16. The molecule has 0 saturated heterocycles. The van der Waals surface area contributed by atoms with Crippen molar-refractivity contribution in [3.05, 3.63) is 95.7 Å². The van der Waals surface area contributed by atoms with Crippen molar-refractivity contribution in [2.75, 3.05) is 11.9 Å². The van der Waals surface area contributed by atoms with Crippen molar-refractivity contribution in [3.63, 3.8) is 0 Å². The van der Waals surface area contributed by atoms with Crippen LogP contribution in [0.25, 0.3) is 28.0 Å². The van der Waals surface area contributed by atoms with Gasteiger partial charge >= 0.3 is 0 Å². The summed E-state index contributed by atoms with van der Waals surface area (Å²) in [4.78, 5) is 38.0. The molecule has 0 unspecified atom stereocenters. The molecule has 5 aromatic rings. The Bertz CT molecular complexity index is 1620. The van der Waals surface area contributed by atoms with E-state index in [1.54, 1.807) is 31.5 Å². The van der Waals surface area contributed by atoms with Gasteiger partial charge in [-0.2, -0.15) is 9.61 Å². The third-order valence-electron chi connectivity index (χ3n) is 6.72. The second-order valence-electron chi connectivity index (χ2n) is 9.22. The molecule has 5 rings (SSSR count). The van der Waals surface area contributed by atoms with Gasteiger partial charge in [-0.1, -0.05) is 44.2 Å². The first-order valence-electron chi connectivity index (χ1n) is 13.2. The van der Waals surface area contributed by atoms with E-state index in [0.29, 0.717) is 12.0 Å². The zero-order chi connectivity index (χ0) is 27.4. The third-order valence-corrected chi connectivity index (χ3v) is 6.72. The molecular weight excluding hydrogens is 488 g/mol. The number of fused-ring (bicyclic) bond motifs is 1. The Morgan fingerprint density at radius 1 is 0.923 bits per heavy atom. The van der Waals surface area contributed by atoms with E-state index >= 15 is 0 Å². The number of nitrogens with one attached hydrogen (secondary N) is 1. The van der Waals surface area contributed by atoms with Crippen molar-refractivity contribution in [2.24, 2.45) is 0 Å². The molecule has 0 bridgehead atoms. The van der Waals surface area contributed by atoms with Crippen LogP contribution in [0.4, 0.5) is 5.82 Å². The molecule has 8 nitrogen and oxygen atoms in total. The molecule has 0 aliphatic rings. The van der Waals surface area contributed by atoms with Gasteiger partial charge in [0.05, 0.1) is 17.6 Å². The maximum Gasteiger partial charge on any atom is 0.228 e. The highest BCUT2D eigenvalue weighted by molar-refractivity contribution is 6.43. The molecule has 0 atom stereocenters. The number of nitrogens with zero attached hydrogens (tertiary/aromatic N) is 5. The normalized spacial score (nSPS) is 11.1. The van der Waals surface area contributed by atoms with Crippen LogP contribution in [0.1, 0.15) is 54.4 Å². The maximum absolute atomic E-state index is 12.3. The van der Waals surface area contributed by atoms with E-state index in [0.717, 1.165) is 63.6 Å². The summed E-state index contributed by atoms with van der Waals surface area (Å²) in [5.74, 6) is 0.0977. The summed E-state index contributed by atoms with van der Waals surface area (Å²) in [7, 11) is 0. The first kappa shape index (κ1) is 25.9. The highest BCUT2D eigenvalue weighted by atomic mass is 16.2. The number of carbonyl (C=O) groups excluding carboxylic acids is 2. The van der Waals surface area contributed by atoms with Gasteiger partial charge in [-0.3, -0.25) is 19.6 Å². The minimum absolute atomic E-state index is 0.201. The van der Waals surface area contributed by atoms with Gasteiger partial charge in [0, 0.05) is 65.8 Å². The van der Waals surface area contributed by atoms with Crippen molar-refractivity contribution >= 4 is 23.0 Å². The summed E-state index contributed by atoms with van der Waals surface area (Å²) in [6, 6.07) is 15.1. The molecule has 196 valence electrons. The molecule has 39 heavy (non-hydrogen) atoms. The topological polar surface area (TPSA) is 102 Å². The van der Waals surface area contributed by atoms with E-state index < -0.39 is 5.78 Å².